The van der Waals surface area contributed by atoms with Gasteiger partial charge in [-0.3, -0.25) is 4.72 Å². The molecule has 3 aromatic rings. The molecule has 0 spiro atoms. The molecule has 1 N–H and O–H groups in total. The maximum Gasteiger partial charge on any atom is 0.263 e. The Kier molecular flexibility index (Phi) is 6.17. The molecule has 0 fully saturated rings. The van der Waals surface area contributed by atoms with E-state index in [-0.39, 0.29) is 17.5 Å². The van der Waals surface area contributed by atoms with Gasteiger partial charge in [0, 0.05) is 11.6 Å². The van der Waals surface area contributed by atoms with Crippen molar-refractivity contribution in [1.82, 2.24) is 10.2 Å². The molecule has 0 aliphatic heterocycles. The van der Waals surface area contributed by atoms with Crippen LogP contribution in [0.15, 0.2) is 53.4 Å². The van der Waals surface area contributed by atoms with E-state index in [0.29, 0.717) is 16.5 Å². The standard InChI is InChI=1S/C16H15N3O4S2.CH4/c1-22-13-9-8-12(10-14(13)23-2)25(20,21)19-16-18-17-15(24-16)11-6-4-3-5-7-11;/h3-10H,1-2H3,(H,18,19);1H4. The highest BCUT2D eigenvalue weighted by molar-refractivity contribution is 7.93. The predicted molar refractivity (Wildman–Crippen MR) is 102 cm³/mol. The van der Waals surface area contributed by atoms with Gasteiger partial charge in [-0.2, -0.15) is 0 Å². The maximum absolute atomic E-state index is 12.5. The fourth-order valence-electron chi connectivity index (χ4n) is 2.12. The van der Waals surface area contributed by atoms with Gasteiger partial charge in [-0.25, -0.2) is 8.42 Å². The molecule has 0 radical (unpaired) electrons. The number of methoxy groups -OCH3 is 2. The fraction of sp³-hybridized carbons (Fsp3) is 0.176. The Balaban J connectivity index is 0.00000243. The molecule has 0 saturated heterocycles. The van der Waals surface area contributed by atoms with E-state index in [0.717, 1.165) is 16.9 Å². The second kappa shape index (κ2) is 8.15. The topological polar surface area (TPSA) is 90.4 Å². The van der Waals surface area contributed by atoms with Gasteiger partial charge in [-0.15, -0.1) is 10.2 Å². The molecule has 0 amide bonds. The van der Waals surface area contributed by atoms with Gasteiger partial charge >= 0.3 is 0 Å². The van der Waals surface area contributed by atoms with Crippen molar-refractivity contribution >= 4 is 26.5 Å². The summed E-state index contributed by atoms with van der Waals surface area (Å²) in [5.41, 5.74) is 0.872. The maximum atomic E-state index is 12.5. The summed E-state index contributed by atoms with van der Waals surface area (Å²) in [6, 6.07) is 13.8. The largest absolute Gasteiger partial charge is 0.493 e. The minimum Gasteiger partial charge on any atom is -0.493 e. The monoisotopic (exact) mass is 393 g/mol. The summed E-state index contributed by atoms with van der Waals surface area (Å²) in [6.45, 7) is 0. The van der Waals surface area contributed by atoms with Crippen LogP contribution in [-0.4, -0.2) is 32.8 Å². The molecule has 0 unspecified atom stereocenters. The average Bonchev–Trinajstić information content (AvgIpc) is 3.09. The van der Waals surface area contributed by atoms with Crippen LogP contribution in [0.5, 0.6) is 11.5 Å². The van der Waals surface area contributed by atoms with Crippen LogP contribution in [0.3, 0.4) is 0 Å². The van der Waals surface area contributed by atoms with Crippen molar-refractivity contribution in [2.75, 3.05) is 18.9 Å². The van der Waals surface area contributed by atoms with Crippen molar-refractivity contribution in [2.24, 2.45) is 0 Å². The lowest BCUT2D eigenvalue weighted by atomic mass is 10.2. The van der Waals surface area contributed by atoms with Crippen LogP contribution in [0.2, 0.25) is 0 Å². The zero-order chi connectivity index (χ0) is 17.9. The van der Waals surface area contributed by atoms with E-state index in [1.165, 1.54) is 32.4 Å². The number of nitrogens with one attached hydrogen (secondary N) is 1. The van der Waals surface area contributed by atoms with Crippen LogP contribution in [0, 0.1) is 0 Å². The Morgan fingerprint density at radius 1 is 0.962 bits per heavy atom. The molecule has 2 aromatic carbocycles. The van der Waals surface area contributed by atoms with Gasteiger partial charge in [0.2, 0.25) is 5.13 Å². The molecule has 138 valence electrons. The molecule has 0 atom stereocenters. The Morgan fingerprint density at radius 2 is 1.65 bits per heavy atom. The Labute approximate surface area is 156 Å². The van der Waals surface area contributed by atoms with Crippen molar-refractivity contribution in [3.63, 3.8) is 0 Å². The number of hydrogen-bond acceptors (Lipinski definition) is 7. The van der Waals surface area contributed by atoms with E-state index < -0.39 is 10.0 Å². The van der Waals surface area contributed by atoms with Gasteiger partial charge < -0.3 is 9.47 Å². The summed E-state index contributed by atoms with van der Waals surface area (Å²) in [5.74, 6) is 0.774. The predicted octanol–water partition coefficient (Wildman–Crippen LogP) is 3.66. The molecule has 9 heteroatoms. The molecule has 0 saturated carbocycles. The molecule has 7 nitrogen and oxygen atoms in total. The molecule has 0 aliphatic rings. The highest BCUT2D eigenvalue weighted by Crippen LogP contribution is 2.31. The average molecular weight is 393 g/mol. The Bertz CT molecular complexity index is 973. The van der Waals surface area contributed by atoms with Crippen LogP contribution >= 0.6 is 11.3 Å². The molecule has 3 rings (SSSR count). The molecular formula is C17H19N3O4S2. The minimum absolute atomic E-state index is 0. The van der Waals surface area contributed by atoms with Gasteiger partial charge in [0.25, 0.3) is 10.0 Å². The van der Waals surface area contributed by atoms with E-state index in [4.69, 9.17) is 9.47 Å². The van der Waals surface area contributed by atoms with Crippen molar-refractivity contribution in [3.8, 4) is 22.1 Å². The molecule has 1 heterocycles. The number of nitrogens with zero attached hydrogens (tertiary/aromatic N) is 2. The lowest BCUT2D eigenvalue weighted by molar-refractivity contribution is 0.354. The summed E-state index contributed by atoms with van der Waals surface area (Å²) in [6.07, 6.45) is 0. The summed E-state index contributed by atoms with van der Waals surface area (Å²) >= 11 is 1.16. The summed E-state index contributed by atoms with van der Waals surface area (Å²) in [4.78, 5) is 0.0432. The van der Waals surface area contributed by atoms with Gasteiger partial charge in [0.1, 0.15) is 5.01 Å². The van der Waals surface area contributed by atoms with E-state index in [1.807, 2.05) is 30.3 Å². The SMILES string of the molecule is C.COc1ccc(S(=O)(=O)Nc2nnc(-c3ccccc3)s2)cc1OC. The summed E-state index contributed by atoms with van der Waals surface area (Å²) < 4.78 is 37.8. The number of aromatic nitrogens is 2. The summed E-state index contributed by atoms with van der Waals surface area (Å²) in [5, 5.41) is 8.74. The highest BCUT2D eigenvalue weighted by atomic mass is 32.2. The van der Waals surface area contributed by atoms with Crippen LogP contribution in [0.25, 0.3) is 10.6 Å². The third kappa shape index (κ3) is 4.12. The number of hydrogen-bond donors (Lipinski definition) is 1. The smallest absolute Gasteiger partial charge is 0.263 e. The van der Waals surface area contributed by atoms with Gasteiger partial charge in [-0.05, 0) is 12.1 Å². The first kappa shape index (κ1) is 19.7. The quantitative estimate of drug-likeness (QED) is 0.687. The normalized spacial score (nSPS) is 10.7. The number of sulfonamides is 1. The van der Waals surface area contributed by atoms with Crippen molar-refractivity contribution in [1.29, 1.82) is 0 Å². The lowest BCUT2D eigenvalue weighted by Crippen LogP contribution is -2.13. The first-order valence-electron chi connectivity index (χ1n) is 7.17. The summed E-state index contributed by atoms with van der Waals surface area (Å²) in [7, 11) is -0.892. The van der Waals surface area contributed by atoms with Gasteiger partial charge in [0.05, 0.1) is 19.1 Å². The number of ether oxygens (including phenoxy) is 2. The number of benzene rings is 2. The number of rotatable bonds is 6. The lowest BCUT2D eigenvalue weighted by Gasteiger charge is -2.10. The van der Waals surface area contributed by atoms with Crippen molar-refractivity contribution in [2.45, 2.75) is 12.3 Å². The van der Waals surface area contributed by atoms with Gasteiger partial charge in [0.15, 0.2) is 11.5 Å². The number of anilines is 1. The third-order valence-corrected chi connectivity index (χ3v) is 5.69. The van der Waals surface area contributed by atoms with Crippen LogP contribution in [0.1, 0.15) is 7.43 Å². The Morgan fingerprint density at radius 3 is 2.31 bits per heavy atom. The van der Waals surface area contributed by atoms with Crippen LogP contribution < -0.4 is 14.2 Å². The van der Waals surface area contributed by atoms with Crippen LogP contribution in [-0.2, 0) is 10.0 Å². The fourth-order valence-corrected chi connectivity index (χ4v) is 4.11. The third-order valence-electron chi connectivity index (χ3n) is 3.33. The first-order chi connectivity index (χ1) is 12.0. The van der Waals surface area contributed by atoms with Crippen molar-refractivity contribution in [3.05, 3.63) is 48.5 Å². The van der Waals surface area contributed by atoms with E-state index in [9.17, 15) is 8.42 Å². The minimum atomic E-state index is -3.82. The highest BCUT2D eigenvalue weighted by Gasteiger charge is 2.19. The van der Waals surface area contributed by atoms with Crippen LogP contribution in [0.4, 0.5) is 5.13 Å². The molecule has 1 aromatic heterocycles. The molecular weight excluding hydrogens is 374 g/mol. The molecule has 0 aliphatic carbocycles. The first-order valence-corrected chi connectivity index (χ1v) is 9.47. The van der Waals surface area contributed by atoms with Gasteiger partial charge in [-0.1, -0.05) is 49.1 Å². The van der Waals surface area contributed by atoms with E-state index in [1.54, 1.807) is 0 Å². The van der Waals surface area contributed by atoms with E-state index in [2.05, 4.69) is 14.9 Å². The zero-order valence-corrected chi connectivity index (χ0v) is 15.1. The molecule has 0 bridgehead atoms. The van der Waals surface area contributed by atoms with E-state index >= 15 is 0 Å². The zero-order valence-electron chi connectivity index (χ0n) is 13.5. The second-order valence-corrected chi connectivity index (χ2v) is 7.56. The second-order valence-electron chi connectivity index (χ2n) is 4.90. The molecule has 26 heavy (non-hydrogen) atoms. The van der Waals surface area contributed by atoms with Crippen molar-refractivity contribution < 1.29 is 17.9 Å². The Hall–Kier alpha value is -2.65.